The Morgan fingerprint density at radius 1 is 1.10 bits per heavy atom. The normalized spacial score (nSPS) is 16.9. The fraction of sp³-hybridized carbons (Fsp3) is 0.867. The Morgan fingerprint density at radius 3 is 2.10 bits per heavy atom. The Bertz CT molecular complexity index is 321. The molecule has 1 rings (SSSR count). The summed E-state index contributed by atoms with van der Waals surface area (Å²) in [5.41, 5.74) is 0. The molecule has 3 amide bonds. The average molecular weight is 283 g/mol. The lowest BCUT2D eigenvalue weighted by molar-refractivity contribution is -0.135. The highest BCUT2D eigenvalue weighted by Gasteiger charge is 2.30. The van der Waals surface area contributed by atoms with Crippen molar-refractivity contribution in [2.75, 3.05) is 26.2 Å². The van der Waals surface area contributed by atoms with Crippen LogP contribution in [0.5, 0.6) is 0 Å². The standard InChI is InChI=1S/C15H29N3O2/c1-5-17(6-2)15(20)16-13(12(3)4)14(19)18-10-8-7-9-11-18/h12-13H,5-11H2,1-4H3,(H,16,20)/t13-/m1/s1. The van der Waals surface area contributed by atoms with Crippen LogP contribution in [0.3, 0.4) is 0 Å². The first-order valence-electron chi connectivity index (χ1n) is 7.85. The number of hydrogen-bond acceptors (Lipinski definition) is 2. The van der Waals surface area contributed by atoms with Gasteiger partial charge in [-0.15, -0.1) is 0 Å². The van der Waals surface area contributed by atoms with Crippen LogP contribution in [0.4, 0.5) is 4.79 Å². The maximum atomic E-state index is 12.6. The van der Waals surface area contributed by atoms with E-state index in [4.69, 9.17) is 0 Å². The zero-order valence-corrected chi connectivity index (χ0v) is 13.3. The number of carbonyl (C=O) groups is 2. The first kappa shape index (κ1) is 16.8. The van der Waals surface area contributed by atoms with Gasteiger partial charge in [0.05, 0.1) is 0 Å². The molecule has 5 heteroatoms. The lowest BCUT2D eigenvalue weighted by Crippen LogP contribution is -2.55. The number of rotatable bonds is 5. The van der Waals surface area contributed by atoms with Gasteiger partial charge in [-0.2, -0.15) is 0 Å². The zero-order valence-electron chi connectivity index (χ0n) is 13.3. The molecule has 0 bridgehead atoms. The molecule has 1 atom stereocenters. The maximum Gasteiger partial charge on any atom is 0.318 e. The van der Waals surface area contributed by atoms with Crippen molar-refractivity contribution < 1.29 is 9.59 Å². The molecule has 0 radical (unpaired) electrons. The van der Waals surface area contributed by atoms with Gasteiger partial charge in [-0.05, 0) is 39.0 Å². The molecule has 1 aliphatic rings. The van der Waals surface area contributed by atoms with Crippen molar-refractivity contribution in [2.45, 2.75) is 53.0 Å². The minimum atomic E-state index is -0.416. The van der Waals surface area contributed by atoms with Gasteiger partial charge in [-0.3, -0.25) is 4.79 Å². The third-order valence-electron chi connectivity index (χ3n) is 3.93. The minimum Gasteiger partial charge on any atom is -0.341 e. The van der Waals surface area contributed by atoms with Crippen molar-refractivity contribution >= 4 is 11.9 Å². The number of likely N-dealkylation sites (tertiary alicyclic amines) is 1. The number of urea groups is 1. The molecule has 0 aromatic carbocycles. The fourth-order valence-electron chi connectivity index (χ4n) is 2.56. The van der Waals surface area contributed by atoms with Crippen LogP contribution in [-0.4, -0.2) is 54.0 Å². The van der Waals surface area contributed by atoms with Crippen molar-refractivity contribution in [1.29, 1.82) is 0 Å². The maximum absolute atomic E-state index is 12.6. The Kier molecular flexibility index (Phi) is 6.82. The third kappa shape index (κ3) is 4.39. The van der Waals surface area contributed by atoms with E-state index in [-0.39, 0.29) is 17.9 Å². The Morgan fingerprint density at radius 2 is 1.65 bits per heavy atom. The molecule has 0 unspecified atom stereocenters. The highest BCUT2D eigenvalue weighted by Crippen LogP contribution is 2.13. The van der Waals surface area contributed by atoms with E-state index in [1.54, 1.807) is 4.90 Å². The van der Waals surface area contributed by atoms with Gasteiger partial charge in [0.25, 0.3) is 0 Å². The molecule has 0 spiro atoms. The van der Waals surface area contributed by atoms with Crippen LogP contribution in [0, 0.1) is 5.92 Å². The van der Waals surface area contributed by atoms with Gasteiger partial charge < -0.3 is 15.1 Å². The molecule has 1 heterocycles. The first-order valence-corrected chi connectivity index (χ1v) is 7.85. The van der Waals surface area contributed by atoms with Gasteiger partial charge in [0.15, 0.2) is 0 Å². The monoisotopic (exact) mass is 283 g/mol. The number of amides is 3. The molecule has 0 aliphatic carbocycles. The first-order chi connectivity index (χ1) is 9.51. The van der Waals surface area contributed by atoms with Gasteiger partial charge in [0, 0.05) is 26.2 Å². The molecule has 1 fully saturated rings. The van der Waals surface area contributed by atoms with Crippen LogP contribution in [0.15, 0.2) is 0 Å². The molecule has 0 aromatic heterocycles. The number of nitrogens with zero attached hydrogens (tertiary/aromatic N) is 2. The van der Waals surface area contributed by atoms with Crippen molar-refractivity contribution in [3.8, 4) is 0 Å². The average Bonchev–Trinajstić information content (AvgIpc) is 2.46. The largest absolute Gasteiger partial charge is 0.341 e. The van der Waals surface area contributed by atoms with Crippen LogP contribution in [0.2, 0.25) is 0 Å². The van der Waals surface area contributed by atoms with Crippen LogP contribution >= 0.6 is 0 Å². The molecule has 116 valence electrons. The van der Waals surface area contributed by atoms with Gasteiger partial charge in [-0.1, -0.05) is 13.8 Å². The summed E-state index contributed by atoms with van der Waals surface area (Å²) in [7, 11) is 0. The summed E-state index contributed by atoms with van der Waals surface area (Å²) in [6, 6.07) is -0.555. The zero-order chi connectivity index (χ0) is 15.1. The van der Waals surface area contributed by atoms with Crippen LogP contribution in [0.25, 0.3) is 0 Å². The third-order valence-corrected chi connectivity index (χ3v) is 3.93. The molecular formula is C15H29N3O2. The second-order valence-electron chi connectivity index (χ2n) is 5.73. The summed E-state index contributed by atoms with van der Waals surface area (Å²) in [4.78, 5) is 28.3. The highest BCUT2D eigenvalue weighted by atomic mass is 16.2. The molecule has 1 aliphatic heterocycles. The lowest BCUT2D eigenvalue weighted by Gasteiger charge is -2.33. The number of nitrogens with one attached hydrogen (secondary N) is 1. The van der Waals surface area contributed by atoms with E-state index in [9.17, 15) is 9.59 Å². The van der Waals surface area contributed by atoms with E-state index in [0.29, 0.717) is 13.1 Å². The van der Waals surface area contributed by atoms with Gasteiger partial charge >= 0.3 is 6.03 Å². The summed E-state index contributed by atoms with van der Waals surface area (Å²) in [5.74, 6) is 0.171. The van der Waals surface area contributed by atoms with E-state index in [1.807, 2.05) is 32.6 Å². The van der Waals surface area contributed by atoms with Crippen molar-refractivity contribution in [1.82, 2.24) is 15.1 Å². The number of piperidine rings is 1. The predicted molar refractivity (Wildman–Crippen MR) is 80.5 cm³/mol. The highest BCUT2D eigenvalue weighted by molar-refractivity contribution is 5.87. The molecule has 1 N–H and O–H groups in total. The Hall–Kier alpha value is -1.26. The fourth-order valence-corrected chi connectivity index (χ4v) is 2.56. The summed E-state index contributed by atoms with van der Waals surface area (Å²) in [5, 5.41) is 2.91. The summed E-state index contributed by atoms with van der Waals surface area (Å²) < 4.78 is 0. The smallest absolute Gasteiger partial charge is 0.318 e. The van der Waals surface area contributed by atoms with E-state index in [2.05, 4.69) is 5.32 Å². The van der Waals surface area contributed by atoms with Gasteiger partial charge in [0.2, 0.25) is 5.91 Å². The SMILES string of the molecule is CCN(CC)C(=O)N[C@@H](C(=O)N1CCCCC1)C(C)C. The second kappa shape index (κ2) is 8.12. The molecule has 20 heavy (non-hydrogen) atoms. The molecular weight excluding hydrogens is 254 g/mol. The predicted octanol–water partition coefficient (Wildman–Crippen LogP) is 2.07. The Balaban J connectivity index is 2.68. The summed E-state index contributed by atoms with van der Waals surface area (Å²) in [6.45, 7) is 10.8. The second-order valence-corrected chi connectivity index (χ2v) is 5.73. The molecule has 5 nitrogen and oxygen atoms in total. The van der Waals surface area contributed by atoms with Crippen LogP contribution < -0.4 is 5.32 Å². The lowest BCUT2D eigenvalue weighted by atomic mass is 10.0. The van der Waals surface area contributed by atoms with Crippen molar-refractivity contribution in [3.05, 3.63) is 0 Å². The topological polar surface area (TPSA) is 52.7 Å². The summed E-state index contributed by atoms with van der Waals surface area (Å²) >= 11 is 0. The van der Waals surface area contributed by atoms with Gasteiger partial charge in [0.1, 0.15) is 6.04 Å². The Labute approximate surface area is 122 Å². The van der Waals surface area contributed by atoms with Crippen LogP contribution in [0.1, 0.15) is 47.0 Å². The molecule has 1 saturated heterocycles. The van der Waals surface area contributed by atoms with Gasteiger partial charge in [-0.25, -0.2) is 4.79 Å². The number of hydrogen-bond donors (Lipinski definition) is 1. The molecule has 0 saturated carbocycles. The van der Waals surface area contributed by atoms with Crippen molar-refractivity contribution in [3.63, 3.8) is 0 Å². The van der Waals surface area contributed by atoms with E-state index in [0.717, 1.165) is 25.9 Å². The van der Waals surface area contributed by atoms with E-state index in [1.165, 1.54) is 6.42 Å². The minimum absolute atomic E-state index is 0.0696. The van der Waals surface area contributed by atoms with Crippen LogP contribution in [-0.2, 0) is 4.79 Å². The van der Waals surface area contributed by atoms with E-state index < -0.39 is 6.04 Å². The summed E-state index contributed by atoms with van der Waals surface area (Å²) in [6.07, 6.45) is 3.34. The number of carbonyl (C=O) groups excluding carboxylic acids is 2. The quantitative estimate of drug-likeness (QED) is 0.840. The van der Waals surface area contributed by atoms with E-state index >= 15 is 0 Å². The van der Waals surface area contributed by atoms with Crippen molar-refractivity contribution in [2.24, 2.45) is 5.92 Å². The molecule has 0 aromatic rings.